The van der Waals surface area contributed by atoms with Crippen LogP contribution in [0.15, 0.2) is 59.5 Å². The van der Waals surface area contributed by atoms with E-state index < -0.39 is 15.8 Å². The molecule has 0 aliphatic carbocycles. The van der Waals surface area contributed by atoms with Crippen LogP contribution in [-0.2, 0) is 14.8 Å². The van der Waals surface area contributed by atoms with Gasteiger partial charge in [0.25, 0.3) is 0 Å². The molecule has 2 aromatic carbocycles. The number of amides is 1. The Morgan fingerprint density at radius 2 is 1.90 bits per heavy atom. The monoisotopic (exact) mass is 464 g/mol. The minimum atomic E-state index is -3.75. The number of halogens is 2. The average molecular weight is 465 g/mol. The van der Waals surface area contributed by atoms with Gasteiger partial charge in [-0.25, -0.2) is 21.8 Å². The Morgan fingerprint density at radius 3 is 2.58 bits per heavy atom. The van der Waals surface area contributed by atoms with Gasteiger partial charge in [-0.2, -0.15) is 5.10 Å². The van der Waals surface area contributed by atoms with Crippen LogP contribution in [0.25, 0.3) is 5.69 Å². The van der Waals surface area contributed by atoms with Crippen molar-refractivity contribution in [3.8, 4) is 5.69 Å². The van der Waals surface area contributed by atoms with Crippen molar-refractivity contribution in [3.63, 3.8) is 0 Å². The molecule has 1 N–H and O–H groups in total. The number of benzene rings is 2. The smallest absolute Gasteiger partial charge is 0.242 e. The molecular weight excluding hydrogens is 443 g/mol. The summed E-state index contributed by atoms with van der Waals surface area (Å²) in [6.45, 7) is 1.95. The number of nitrogens with one attached hydrogen (secondary N) is 1. The van der Waals surface area contributed by atoms with Crippen LogP contribution in [0.2, 0.25) is 5.02 Å². The van der Waals surface area contributed by atoms with Gasteiger partial charge in [0.15, 0.2) is 0 Å². The summed E-state index contributed by atoms with van der Waals surface area (Å²) in [6.07, 6.45) is 0.427. The third-order valence-corrected chi connectivity index (χ3v) is 6.66. The predicted molar refractivity (Wildman–Crippen MR) is 117 cm³/mol. The maximum absolute atomic E-state index is 13.0. The van der Waals surface area contributed by atoms with Gasteiger partial charge in [0.1, 0.15) is 11.6 Å². The van der Waals surface area contributed by atoms with E-state index in [1.807, 2.05) is 13.0 Å². The molecule has 1 amide bonds. The molecule has 0 bridgehead atoms. The third kappa shape index (κ3) is 5.69. The van der Waals surface area contributed by atoms with Gasteiger partial charge in [-0.3, -0.25) is 4.79 Å². The third-order valence-electron chi connectivity index (χ3n) is 4.55. The first-order valence-corrected chi connectivity index (χ1v) is 11.3. The van der Waals surface area contributed by atoms with Crippen molar-refractivity contribution in [2.45, 2.75) is 24.7 Å². The van der Waals surface area contributed by atoms with Crippen LogP contribution >= 0.6 is 11.6 Å². The topological polar surface area (TPSA) is 84.3 Å². The van der Waals surface area contributed by atoms with Gasteiger partial charge in [-0.15, -0.1) is 0 Å². The van der Waals surface area contributed by atoms with Gasteiger partial charge in [-0.1, -0.05) is 17.7 Å². The van der Waals surface area contributed by atoms with E-state index >= 15 is 0 Å². The highest BCUT2D eigenvalue weighted by Crippen LogP contribution is 2.21. The first kappa shape index (κ1) is 22.9. The first-order valence-electron chi connectivity index (χ1n) is 9.51. The SMILES string of the molecule is Cc1cc(NC(=O)CCCN(C)S(=O)(=O)c2ccc(F)cc2)n(-c2cccc(Cl)c2)n1. The fraction of sp³-hybridized carbons (Fsp3) is 0.238. The zero-order valence-electron chi connectivity index (χ0n) is 17.0. The number of carbonyl (C=O) groups excluding carboxylic acids is 1. The van der Waals surface area contributed by atoms with Crippen molar-refractivity contribution in [3.05, 3.63) is 71.1 Å². The summed E-state index contributed by atoms with van der Waals surface area (Å²) in [5.41, 5.74) is 1.43. The molecule has 0 fully saturated rings. The molecule has 3 rings (SSSR count). The summed E-state index contributed by atoms with van der Waals surface area (Å²) < 4.78 is 40.8. The molecule has 0 spiro atoms. The van der Waals surface area contributed by atoms with Gasteiger partial charge in [-0.05, 0) is 55.8 Å². The molecule has 0 atom stereocenters. The van der Waals surface area contributed by atoms with Gasteiger partial charge in [0, 0.05) is 31.1 Å². The van der Waals surface area contributed by atoms with Gasteiger partial charge >= 0.3 is 0 Å². The van der Waals surface area contributed by atoms with Crippen LogP contribution in [0, 0.1) is 12.7 Å². The molecule has 10 heteroatoms. The number of rotatable bonds is 8. The van der Waals surface area contributed by atoms with Crippen molar-refractivity contribution >= 4 is 33.3 Å². The summed E-state index contributed by atoms with van der Waals surface area (Å²) in [5.74, 6) is -0.279. The van der Waals surface area contributed by atoms with Crippen molar-refractivity contribution in [1.82, 2.24) is 14.1 Å². The fourth-order valence-corrected chi connectivity index (χ4v) is 4.36. The summed E-state index contributed by atoms with van der Waals surface area (Å²) in [4.78, 5) is 12.4. The lowest BCUT2D eigenvalue weighted by molar-refractivity contribution is -0.116. The normalized spacial score (nSPS) is 11.6. The molecule has 1 aromatic heterocycles. The van der Waals surface area contributed by atoms with E-state index in [1.165, 1.54) is 19.2 Å². The minimum Gasteiger partial charge on any atom is -0.311 e. The number of aromatic nitrogens is 2. The Bertz CT molecular complexity index is 1180. The average Bonchev–Trinajstić information content (AvgIpc) is 3.08. The van der Waals surface area contributed by atoms with E-state index in [0.717, 1.165) is 22.1 Å². The lowest BCUT2D eigenvalue weighted by Gasteiger charge is -2.17. The van der Waals surface area contributed by atoms with Crippen LogP contribution in [0.4, 0.5) is 10.2 Å². The van der Waals surface area contributed by atoms with E-state index in [9.17, 15) is 17.6 Å². The lowest BCUT2D eigenvalue weighted by Crippen LogP contribution is -2.28. The first-order chi connectivity index (χ1) is 14.7. The molecular formula is C21H22ClFN4O3S. The van der Waals surface area contributed by atoms with Gasteiger partial charge in [0.2, 0.25) is 15.9 Å². The Kier molecular flexibility index (Phi) is 7.09. The number of nitrogens with zero attached hydrogens (tertiary/aromatic N) is 3. The summed E-state index contributed by atoms with van der Waals surface area (Å²) in [7, 11) is -2.32. The molecule has 31 heavy (non-hydrogen) atoms. The number of carbonyl (C=O) groups is 1. The van der Waals surface area contributed by atoms with Crippen molar-refractivity contribution in [1.29, 1.82) is 0 Å². The second-order valence-corrected chi connectivity index (χ2v) is 9.48. The Labute approximate surface area is 185 Å². The van der Waals surface area contributed by atoms with E-state index in [4.69, 9.17) is 11.6 Å². The predicted octanol–water partition coefficient (Wildman–Crippen LogP) is 4.01. The molecule has 1 heterocycles. The van der Waals surface area contributed by atoms with Gasteiger partial charge < -0.3 is 5.32 Å². The van der Waals surface area contributed by atoms with E-state index in [1.54, 1.807) is 28.9 Å². The van der Waals surface area contributed by atoms with Crippen molar-refractivity contribution in [2.24, 2.45) is 0 Å². The second kappa shape index (κ2) is 9.59. The molecule has 7 nitrogen and oxygen atoms in total. The zero-order chi connectivity index (χ0) is 22.6. The summed E-state index contributed by atoms with van der Waals surface area (Å²) in [5, 5.41) is 7.74. The minimum absolute atomic E-state index is 0.00162. The number of hydrogen-bond acceptors (Lipinski definition) is 4. The van der Waals surface area contributed by atoms with E-state index in [0.29, 0.717) is 22.9 Å². The maximum atomic E-state index is 13.0. The number of hydrogen-bond donors (Lipinski definition) is 1. The molecule has 164 valence electrons. The Balaban J connectivity index is 1.59. The highest BCUT2D eigenvalue weighted by atomic mass is 35.5. The number of anilines is 1. The molecule has 0 radical (unpaired) electrons. The molecule has 0 unspecified atom stereocenters. The molecule has 3 aromatic rings. The second-order valence-electron chi connectivity index (χ2n) is 6.99. The van der Waals surface area contributed by atoms with Crippen LogP contribution < -0.4 is 5.32 Å². The number of aryl methyl sites for hydroxylation is 1. The molecule has 0 aliphatic heterocycles. The summed E-state index contributed by atoms with van der Waals surface area (Å²) in [6, 6.07) is 13.5. The highest BCUT2D eigenvalue weighted by Gasteiger charge is 2.21. The molecule has 0 saturated heterocycles. The lowest BCUT2D eigenvalue weighted by atomic mass is 10.3. The highest BCUT2D eigenvalue weighted by molar-refractivity contribution is 7.89. The summed E-state index contributed by atoms with van der Waals surface area (Å²) >= 11 is 6.05. The molecule has 0 saturated carbocycles. The largest absolute Gasteiger partial charge is 0.311 e. The Morgan fingerprint density at radius 1 is 1.19 bits per heavy atom. The van der Waals surface area contributed by atoms with Gasteiger partial charge in [0.05, 0.1) is 16.3 Å². The standard InChI is InChI=1S/C21H22ClFN4O3S/c1-15-13-20(27(25-15)18-6-3-5-16(22)14-18)24-21(28)7-4-12-26(2)31(29,30)19-10-8-17(23)9-11-19/h3,5-6,8-11,13-14H,4,7,12H2,1-2H3,(H,24,28). The van der Waals surface area contributed by atoms with Crippen LogP contribution in [0.1, 0.15) is 18.5 Å². The number of sulfonamides is 1. The van der Waals surface area contributed by atoms with Crippen LogP contribution in [-0.4, -0.2) is 42.0 Å². The van der Waals surface area contributed by atoms with Crippen molar-refractivity contribution in [2.75, 3.05) is 18.9 Å². The fourth-order valence-electron chi connectivity index (χ4n) is 2.97. The zero-order valence-corrected chi connectivity index (χ0v) is 18.6. The van der Waals surface area contributed by atoms with E-state index in [2.05, 4.69) is 10.4 Å². The van der Waals surface area contributed by atoms with Crippen LogP contribution in [0.5, 0.6) is 0 Å². The van der Waals surface area contributed by atoms with Crippen molar-refractivity contribution < 1.29 is 17.6 Å². The van der Waals surface area contributed by atoms with E-state index in [-0.39, 0.29) is 23.8 Å². The quantitative estimate of drug-likeness (QED) is 0.545. The molecule has 0 aliphatic rings. The van der Waals surface area contributed by atoms with Crippen LogP contribution in [0.3, 0.4) is 0 Å². The maximum Gasteiger partial charge on any atom is 0.242 e. The Hall–Kier alpha value is -2.75.